The molecule has 0 heterocycles. The van der Waals surface area contributed by atoms with Crippen LogP contribution in [0.1, 0.15) is 41.4 Å². The number of carbonyl (C=O) groups excluding carboxylic acids is 2. The summed E-state index contributed by atoms with van der Waals surface area (Å²) in [4.78, 5) is 29.3. The van der Waals surface area contributed by atoms with Crippen LogP contribution in [0.5, 0.6) is 0 Å². The van der Waals surface area contributed by atoms with Crippen LogP contribution in [-0.2, 0) is 19.2 Å². The van der Waals surface area contributed by atoms with E-state index in [1.807, 2.05) is 20.8 Å². The number of rotatable bonds is 9. The molecule has 112 valence electrons. The van der Waals surface area contributed by atoms with Gasteiger partial charge in [0.25, 0.3) is 5.91 Å². The molecule has 0 saturated heterocycles. The van der Waals surface area contributed by atoms with Crippen molar-refractivity contribution < 1.29 is 20.5 Å². The van der Waals surface area contributed by atoms with Gasteiger partial charge in [0.05, 0.1) is 13.7 Å². The van der Waals surface area contributed by atoms with E-state index in [0.29, 0.717) is 6.42 Å². The highest BCUT2D eigenvalue weighted by Crippen LogP contribution is 2.25. The number of carbonyl (C=O) groups is 2. The predicted octanol–water partition coefficient (Wildman–Crippen LogP) is 1.09. The molecule has 0 aromatic rings. The minimum absolute atomic E-state index is 0.00502. The lowest BCUT2D eigenvalue weighted by Gasteiger charge is -2.36. The summed E-state index contributed by atoms with van der Waals surface area (Å²) in [5, 5.41) is 0.976. The van der Waals surface area contributed by atoms with Crippen molar-refractivity contribution in [2.45, 2.75) is 45.6 Å². The van der Waals surface area contributed by atoms with Crippen molar-refractivity contribution in [2.75, 3.05) is 20.7 Å². The maximum Gasteiger partial charge on any atom is 0.338 e. The molecule has 0 fully saturated rings. The number of esters is 1. The Bertz CT molecular complexity index is 321. The van der Waals surface area contributed by atoms with Crippen LogP contribution < -0.4 is 5.73 Å². The molecule has 0 aliphatic rings. The second kappa shape index (κ2) is 8.12. The summed E-state index contributed by atoms with van der Waals surface area (Å²) in [5.41, 5.74) is 3.68. The molecule has 0 saturated carbocycles. The summed E-state index contributed by atoms with van der Waals surface area (Å²) >= 11 is 0. The largest absolute Gasteiger partial charge is 0.464 e. The summed E-state index contributed by atoms with van der Waals surface area (Å²) in [6.45, 7) is 5.90. The highest BCUT2D eigenvalue weighted by atomic mass is 16.7. The molecule has 6 heteroatoms. The van der Waals surface area contributed by atoms with Crippen molar-refractivity contribution in [3.63, 3.8) is 0 Å². The highest BCUT2D eigenvalue weighted by molar-refractivity contribution is 6.06. The van der Waals surface area contributed by atoms with Crippen LogP contribution >= 0.6 is 0 Å². The van der Waals surface area contributed by atoms with Crippen LogP contribution in [-0.4, -0.2) is 43.2 Å². The van der Waals surface area contributed by atoms with Gasteiger partial charge in [-0.1, -0.05) is 27.2 Å². The van der Waals surface area contributed by atoms with Gasteiger partial charge in [-0.15, -0.1) is 0 Å². The molecular formula is C13H26N2O4. The molecule has 0 aromatic heterocycles. The van der Waals surface area contributed by atoms with Crippen molar-refractivity contribution in [3.8, 4) is 0 Å². The molecule has 0 aliphatic carbocycles. The van der Waals surface area contributed by atoms with Crippen LogP contribution in [0.2, 0.25) is 0 Å². The first-order chi connectivity index (χ1) is 9.36. The summed E-state index contributed by atoms with van der Waals surface area (Å²) in [5.74, 6) is -1.60. The van der Waals surface area contributed by atoms with Crippen molar-refractivity contribution in [3.05, 3.63) is 0 Å². The van der Waals surface area contributed by atoms with Crippen LogP contribution in [0, 0.1) is 5.92 Å². The molecule has 1 amide bonds. The third-order valence-electron chi connectivity index (χ3n) is 2.83. The van der Waals surface area contributed by atoms with Crippen LogP contribution in [0.4, 0.5) is 0 Å². The Morgan fingerprint density at radius 3 is 2.47 bits per heavy atom. The lowest BCUT2D eigenvalue weighted by atomic mass is 9.87. The smallest absolute Gasteiger partial charge is 0.338 e. The predicted molar refractivity (Wildman–Crippen MR) is 72.0 cm³/mol. The Balaban J connectivity index is 5.37. The maximum absolute atomic E-state index is 12.3. The van der Waals surface area contributed by atoms with Gasteiger partial charge in [-0.25, -0.2) is 4.79 Å². The fraction of sp³-hybridized carbons (Fsp3) is 0.846. The number of hydrogen-bond donors (Lipinski definition) is 1. The molecule has 0 aromatic carbocycles. The zero-order chi connectivity index (χ0) is 15.8. The van der Waals surface area contributed by atoms with Gasteiger partial charge in [0.1, 0.15) is 0 Å². The van der Waals surface area contributed by atoms with E-state index in [0.717, 1.165) is 11.5 Å². The third kappa shape index (κ3) is 4.47. The van der Waals surface area contributed by atoms with E-state index in [4.69, 9.17) is 16.7 Å². The van der Waals surface area contributed by atoms with Gasteiger partial charge in [0.2, 0.25) is 5.54 Å². The fourth-order valence-corrected chi connectivity index (χ4v) is 1.79. The van der Waals surface area contributed by atoms with Crippen LogP contribution in [0.3, 0.4) is 0 Å². The van der Waals surface area contributed by atoms with E-state index < -0.39 is 24.4 Å². The second-order valence-corrected chi connectivity index (χ2v) is 4.87. The molecule has 19 heavy (non-hydrogen) atoms. The minimum atomic E-state index is -1.75. The number of nitrogens with two attached hydrogens (primary N) is 1. The van der Waals surface area contributed by atoms with Crippen molar-refractivity contribution in [2.24, 2.45) is 11.7 Å². The first kappa shape index (κ1) is 15.9. The number of ether oxygens (including phenoxy) is 1. The topological polar surface area (TPSA) is 81.9 Å². The van der Waals surface area contributed by atoms with Gasteiger partial charge >= 0.3 is 5.97 Å². The Morgan fingerprint density at radius 2 is 2.11 bits per heavy atom. The molecule has 0 bridgehead atoms. The lowest BCUT2D eigenvalue weighted by Crippen LogP contribution is -2.62. The number of nitrogens with zero attached hydrogens (tertiary/aromatic N) is 1. The van der Waals surface area contributed by atoms with Crippen molar-refractivity contribution >= 4 is 11.9 Å². The Hall–Kier alpha value is -1.14. The van der Waals surface area contributed by atoms with Gasteiger partial charge < -0.3 is 15.3 Å². The van der Waals surface area contributed by atoms with Gasteiger partial charge in [-0.2, -0.15) is 5.06 Å². The Kier molecular flexibility index (Phi) is 6.80. The Labute approximate surface area is 116 Å². The van der Waals surface area contributed by atoms with Gasteiger partial charge in [-0.05, 0) is 18.8 Å². The quantitative estimate of drug-likeness (QED) is 0.295. The number of primary amides is 1. The molecule has 6 nitrogen and oxygen atoms in total. The molecule has 0 radical (unpaired) electrons. The number of hydrogen-bond acceptors (Lipinski definition) is 5. The lowest BCUT2D eigenvalue weighted by molar-refractivity contribution is -0.209. The van der Waals surface area contributed by atoms with E-state index in [9.17, 15) is 9.59 Å². The fourth-order valence-electron chi connectivity index (χ4n) is 1.79. The zero-order valence-corrected chi connectivity index (χ0v) is 12.3. The van der Waals surface area contributed by atoms with E-state index in [1.54, 1.807) is 0 Å². The maximum atomic E-state index is 12.3. The van der Waals surface area contributed by atoms with E-state index in [-0.39, 0.29) is 18.9 Å². The third-order valence-corrected chi connectivity index (χ3v) is 2.83. The van der Waals surface area contributed by atoms with Gasteiger partial charge in [-0.3, -0.25) is 4.79 Å². The molecule has 0 rings (SSSR count). The highest BCUT2D eigenvalue weighted by Gasteiger charge is 2.51. The average molecular weight is 276 g/mol. The average Bonchev–Trinajstić information content (AvgIpc) is 2.38. The summed E-state index contributed by atoms with van der Waals surface area (Å²) < 4.78 is 12.6. The summed E-state index contributed by atoms with van der Waals surface area (Å²) in [7, 11) is 0.904. The standard InChI is InChI=1S/C13H26N2O4/c1-6-7-8-19-12(17)13(11(14)16,9-10(2)3)15(4)18-5/h10H,6-9H2,1-5H3,(H2,14,16)/t13-/m0/s1/i4T. The van der Waals surface area contributed by atoms with Crippen LogP contribution in [0.15, 0.2) is 0 Å². The van der Waals surface area contributed by atoms with Gasteiger partial charge in [0, 0.05) is 8.39 Å². The summed E-state index contributed by atoms with van der Waals surface area (Å²) in [6, 6.07) is 0. The molecule has 0 spiro atoms. The molecule has 2 N–H and O–H groups in total. The number of amides is 1. The number of unbranched alkanes of at least 4 members (excludes halogenated alkanes) is 1. The minimum Gasteiger partial charge on any atom is -0.464 e. The molecule has 0 aliphatic heterocycles. The van der Waals surface area contributed by atoms with E-state index in [2.05, 4.69) is 0 Å². The monoisotopic (exact) mass is 276 g/mol. The first-order valence-electron chi connectivity index (χ1n) is 7.15. The first-order valence-corrected chi connectivity index (χ1v) is 6.44. The van der Waals surface area contributed by atoms with Gasteiger partial charge in [0.15, 0.2) is 0 Å². The normalized spacial score (nSPS) is 15.2. The van der Waals surface area contributed by atoms with E-state index in [1.165, 1.54) is 7.11 Å². The molecule has 0 unspecified atom stereocenters. The molecule has 1 atom stereocenters. The SMILES string of the molecule is [3H]CN(OC)[C@@](CC(C)C)(C(N)=O)C(=O)OCCCC. The second-order valence-electron chi connectivity index (χ2n) is 4.87. The van der Waals surface area contributed by atoms with Crippen LogP contribution in [0.25, 0.3) is 0 Å². The van der Waals surface area contributed by atoms with Crippen molar-refractivity contribution in [1.29, 1.82) is 0 Å². The number of hydroxylamine groups is 2. The van der Waals surface area contributed by atoms with Crippen molar-refractivity contribution in [1.82, 2.24) is 5.06 Å². The Morgan fingerprint density at radius 1 is 1.47 bits per heavy atom. The summed E-state index contributed by atoms with van der Waals surface area (Å²) in [6.07, 6.45) is 1.71. The number of likely N-dealkylation sites (N-methyl/N-ethyl adjacent to an activating group) is 1. The molecular weight excluding hydrogens is 248 g/mol. The zero-order valence-electron chi connectivity index (χ0n) is 13.3. The van der Waals surface area contributed by atoms with E-state index >= 15 is 0 Å².